The van der Waals surface area contributed by atoms with Crippen molar-refractivity contribution in [1.82, 2.24) is 24.6 Å². The van der Waals surface area contributed by atoms with Crippen LogP contribution >= 0.6 is 0 Å². The number of likely N-dealkylation sites (tertiary alicyclic amines) is 1. The minimum Gasteiger partial charge on any atom is -0.433 e. The number of rotatable bonds is 6. The Morgan fingerprint density at radius 3 is 2.73 bits per heavy atom. The third-order valence-corrected chi connectivity index (χ3v) is 8.29. The predicted octanol–water partition coefficient (Wildman–Crippen LogP) is 3.20. The molecule has 11 heteroatoms. The van der Waals surface area contributed by atoms with E-state index in [1.54, 1.807) is 12.4 Å². The van der Waals surface area contributed by atoms with Crippen molar-refractivity contribution in [3.8, 4) is 22.9 Å². The highest BCUT2D eigenvalue weighted by molar-refractivity contribution is 5.69. The number of aliphatic hydroxyl groups is 1. The van der Waals surface area contributed by atoms with Gasteiger partial charge in [0.25, 0.3) is 5.88 Å². The van der Waals surface area contributed by atoms with Crippen molar-refractivity contribution in [3.63, 3.8) is 0 Å². The van der Waals surface area contributed by atoms with Crippen LogP contribution in [-0.4, -0.2) is 88.9 Å². The molecule has 1 aromatic carbocycles. The second kappa shape index (κ2) is 11.3. The zero-order chi connectivity index (χ0) is 27.7. The summed E-state index contributed by atoms with van der Waals surface area (Å²) in [5.41, 5.74) is 8.37. The van der Waals surface area contributed by atoms with Crippen LogP contribution < -0.4 is 15.4 Å². The zero-order valence-corrected chi connectivity index (χ0v) is 23.3. The molecule has 0 bridgehead atoms. The van der Waals surface area contributed by atoms with E-state index in [1.807, 2.05) is 16.9 Å². The van der Waals surface area contributed by atoms with E-state index in [9.17, 15) is 5.11 Å². The first-order valence-electron chi connectivity index (χ1n) is 14.2. The van der Waals surface area contributed by atoms with Gasteiger partial charge in [0.1, 0.15) is 5.60 Å². The largest absolute Gasteiger partial charge is 0.433 e. The molecule has 40 heavy (non-hydrogen) atoms. The number of nitrogen functional groups attached to an aromatic ring is 1. The molecular weight excluding hydrogens is 510 g/mol. The Kier molecular flexibility index (Phi) is 7.63. The van der Waals surface area contributed by atoms with E-state index in [1.165, 1.54) is 0 Å². The molecule has 2 aromatic heterocycles. The van der Waals surface area contributed by atoms with Gasteiger partial charge < -0.3 is 34.9 Å². The minimum atomic E-state index is -1.07. The number of morpholine rings is 1. The number of ether oxygens (including phenoxy) is 3. The molecule has 11 nitrogen and oxygen atoms in total. The minimum absolute atomic E-state index is 0.201. The highest BCUT2D eigenvalue weighted by Crippen LogP contribution is 2.37. The zero-order valence-electron chi connectivity index (χ0n) is 23.3. The lowest BCUT2D eigenvalue weighted by Gasteiger charge is -2.37. The van der Waals surface area contributed by atoms with Gasteiger partial charge in [-0.1, -0.05) is 0 Å². The molecule has 2 atom stereocenters. The van der Waals surface area contributed by atoms with Gasteiger partial charge in [0.15, 0.2) is 11.6 Å². The first kappa shape index (κ1) is 26.9. The van der Waals surface area contributed by atoms with E-state index < -0.39 is 5.60 Å². The molecular formula is C29H39N7O4. The summed E-state index contributed by atoms with van der Waals surface area (Å²) in [6.45, 7) is 7.23. The van der Waals surface area contributed by atoms with Gasteiger partial charge in [-0.15, -0.1) is 0 Å². The predicted molar refractivity (Wildman–Crippen MR) is 152 cm³/mol. The Balaban J connectivity index is 1.31. The smallest absolute Gasteiger partial charge is 0.263 e. The van der Waals surface area contributed by atoms with Crippen LogP contribution in [-0.2, 0) is 15.1 Å². The van der Waals surface area contributed by atoms with Crippen LogP contribution in [0.15, 0.2) is 36.8 Å². The number of hydrogen-bond acceptors (Lipinski definition) is 10. The van der Waals surface area contributed by atoms with Gasteiger partial charge in [0, 0.05) is 30.4 Å². The van der Waals surface area contributed by atoms with Gasteiger partial charge in [0.05, 0.1) is 50.1 Å². The maximum Gasteiger partial charge on any atom is 0.263 e. The molecule has 0 saturated carbocycles. The van der Waals surface area contributed by atoms with E-state index in [2.05, 4.69) is 46.0 Å². The molecule has 0 unspecified atom stereocenters. The van der Waals surface area contributed by atoms with Crippen molar-refractivity contribution >= 4 is 11.5 Å². The van der Waals surface area contributed by atoms with Gasteiger partial charge >= 0.3 is 0 Å². The summed E-state index contributed by atoms with van der Waals surface area (Å²) in [5.74, 6) is 1.00. The van der Waals surface area contributed by atoms with E-state index in [0.717, 1.165) is 55.7 Å². The summed E-state index contributed by atoms with van der Waals surface area (Å²) in [7, 11) is 2.14. The summed E-state index contributed by atoms with van der Waals surface area (Å²) in [5, 5.41) is 16.1. The van der Waals surface area contributed by atoms with Crippen molar-refractivity contribution in [2.75, 3.05) is 63.7 Å². The molecule has 5 heterocycles. The Morgan fingerprint density at radius 2 is 1.95 bits per heavy atom. The number of anilines is 2. The van der Waals surface area contributed by atoms with Gasteiger partial charge in [-0.2, -0.15) is 5.10 Å². The van der Waals surface area contributed by atoms with Crippen molar-refractivity contribution in [2.24, 2.45) is 0 Å². The molecule has 3 aromatic rings. The van der Waals surface area contributed by atoms with Crippen LogP contribution in [0.25, 0.3) is 11.3 Å². The maximum atomic E-state index is 11.6. The van der Waals surface area contributed by atoms with Gasteiger partial charge in [-0.3, -0.25) is 4.68 Å². The Labute approximate surface area is 234 Å². The van der Waals surface area contributed by atoms with Crippen LogP contribution in [0, 0.1) is 0 Å². The quantitative estimate of drug-likeness (QED) is 0.474. The van der Waals surface area contributed by atoms with E-state index in [4.69, 9.17) is 24.9 Å². The standard InChI is InChI=1S/C29H39N7O4/c1-20-18-38-11-9-35(20)24-13-21(12-22(14-24)29(37)6-3-10-39-19-29)26-16-31-27(30)28(33-26)40-25-15-32-36(17-25)23-4-7-34(2)8-5-23/h12-17,20,23,37H,3-11,18-19H2,1-2H3,(H2,30,31)/t20-,29+/m0/s1. The third-order valence-electron chi connectivity index (χ3n) is 8.29. The first-order chi connectivity index (χ1) is 19.4. The molecule has 3 N–H and O–H groups in total. The van der Waals surface area contributed by atoms with Gasteiger partial charge in [-0.05, 0) is 76.5 Å². The molecule has 0 radical (unpaired) electrons. The van der Waals surface area contributed by atoms with Crippen LogP contribution in [0.4, 0.5) is 11.5 Å². The van der Waals surface area contributed by atoms with Gasteiger partial charge in [-0.25, -0.2) is 9.97 Å². The van der Waals surface area contributed by atoms with Crippen LogP contribution in [0.2, 0.25) is 0 Å². The summed E-state index contributed by atoms with van der Waals surface area (Å²) >= 11 is 0. The number of nitrogens with two attached hydrogens (primary N) is 1. The molecule has 0 spiro atoms. The monoisotopic (exact) mass is 549 g/mol. The highest BCUT2D eigenvalue weighted by Gasteiger charge is 2.34. The lowest BCUT2D eigenvalue weighted by molar-refractivity contribution is -0.0902. The lowest BCUT2D eigenvalue weighted by Crippen LogP contribution is -2.44. The number of aromatic nitrogens is 4. The average molecular weight is 550 g/mol. The number of nitrogens with zero attached hydrogens (tertiary/aromatic N) is 6. The second-order valence-corrected chi connectivity index (χ2v) is 11.3. The van der Waals surface area contributed by atoms with Crippen molar-refractivity contribution in [1.29, 1.82) is 0 Å². The summed E-state index contributed by atoms with van der Waals surface area (Å²) in [6.07, 6.45) is 8.79. The molecule has 0 aliphatic carbocycles. The number of benzene rings is 1. The second-order valence-electron chi connectivity index (χ2n) is 11.3. The van der Waals surface area contributed by atoms with Crippen LogP contribution in [0.1, 0.15) is 44.2 Å². The van der Waals surface area contributed by atoms with Crippen molar-refractivity contribution in [2.45, 2.75) is 50.3 Å². The number of hydrogen-bond donors (Lipinski definition) is 2. The maximum absolute atomic E-state index is 11.6. The average Bonchev–Trinajstić information content (AvgIpc) is 3.43. The number of piperidine rings is 1. The molecule has 0 amide bonds. The molecule has 3 saturated heterocycles. The molecule has 3 aliphatic rings. The first-order valence-corrected chi connectivity index (χ1v) is 14.2. The van der Waals surface area contributed by atoms with Crippen LogP contribution in [0.5, 0.6) is 11.6 Å². The summed E-state index contributed by atoms with van der Waals surface area (Å²) in [4.78, 5) is 13.8. The Hall–Kier alpha value is -3.25. The fourth-order valence-corrected chi connectivity index (χ4v) is 5.85. The van der Waals surface area contributed by atoms with E-state index >= 15 is 0 Å². The van der Waals surface area contributed by atoms with E-state index in [-0.39, 0.29) is 24.3 Å². The van der Waals surface area contributed by atoms with Crippen molar-refractivity contribution in [3.05, 3.63) is 42.4 Å². The Morgan fingerprint density at radius 1 is 1.10 bits per heavy atom. The molecule has 3 aliphatic heterocycles. The lowest BCUT2D eigenvalue weighted by atomic mass is 9.86. The topological polar surface area (TPSA) is 124 Å². The third kappa shape index (κ3) is 5.64. The fourth-order valence-electron chi connectivity index (χ4n) is 5.85. The highest BCUT2D eigenvalue weighted by atomic mass is 16.5. The summed E-state index contributed by atoms with van der Waals surface area (Å²) < 4.78 is 19.4. The summed E-state index contributed by atoms with van der Waals surface area (Å²) in [6, 6.07) is 6.68. The normalized spacial score (nSPS) is 24.8. The molecule has 6 rings (SSSR count). The Bertz CT molecular complexity index is 1320. The van der Waals surface area contributed by atoms with Gasteiger partial charge in [0.2, 0.25) is 0 Å². The van der Waals surface area contributed by atoms with Crippen LogP contribution in [0.3, 0.4) is 0 Å². The fraction of sp³-hybridized carbons (Fsp3) is 0.552. The SMILES string of the molecule is C[C@H]1COCCN1c1cc(-c2cnc(N)c(Oc3cnn(C4CCN(C)CC4)c3)n2)cc([C@@]2(O)CCCOC2)c1. The molecule has 214 valence electrons. The van der Waals surface area contributed by atoms with E-state index in [0.29, 0.717) is 43.7 Å². The molecule has 3 fully saturated rings. The van der Waals surface area contributed by atoms with Crippen molar-refractivity contribution < 1.29 is 19.3 Å².